The molecule has 1 unspecified atom stereocenters. The van der Waals surface area contributed by atoms with Gasteiger partial charge in [-0.05, 0) is 25.0 Å². The summed E-state index contributed by atoms with van der Waals surface area (Å²) >= 11 is 1.38. The Labute approximate surface area is 186 Å². The van der Waals surface area contributed by atoms with Crippen LogP contribution in [0, 0.1) is 5.92 Å². The van der Waals surface area contributed by atoms with Crippen LogP contribution < -0.4 is 15.9 Å². The minimum Gasteiger partial charge on any atom is -0.381 e. The summed E-state index contributed by atoms with van der Waals surface area (Å²) in [7, 11) is 0. The zero-order valence-corrected chi connectivity index (χ0v) is 18.0. The van der Waals surface area contributed by atoms with Crippen LogP contribution in [0.5, 0.6) is 0 Å². The number of fused-ring (bicyclic) bond motifs is 2. The molecule has 3 aliphatic heterocycles. The predicted octanol–water partition coefficient (Wildman–Crippen LogP) is 1.81. The van der Waals surface area contributed by atoms with Gasteiger partial charge in [0.15, 0.2) is 5.13 Å². The molecule has 2 aromatic rings. The van der Waals surface area contributed by atoms with Crippen molar-refractivity contribution in [3.8, 4) is 0 Å². The third-order valence-corrected chi connectivity index (χ3v) is 7.07. The molecule has 0 aliphatic carbocycles. The number of alkyl halides is 2. The highest BCUT2D eigenvalue weighted by atomic mass is 32.1. The lowest BCUT2D eigenvalue weighted by atomic mass is 10.00. The van der Waals surface area contributed by atoms with E-state index in [9.17, 15) is 18.4 Å². The number of thiazole rings is 1. The Bertz CT molecular complexity index is 1180. The summed E-state index contributed by atoms with van der Waals surface area (Å²) in [6.45, 7) is 2.03. The SMILES string of the molecule is O=C(Nc1nc2c(s1)CN(C(=O)C1C=c3c(C(F)F)cccc3=N1)CC2)C1CCOCC1. The summed E-state index contributed by atoms with van der Waals surface area (Å²) in [6.07, 6.45) is 0.898. The number of anilines is 1. The topological polar surface area (TPSA) is 83.9 Å². The fraction of sp³-hybridized carbons (Fsp3) is 0.455. The Hall–Kier alpha value is -2.72. The second kappa shape index (κ2) is 8.67. The van der Waals surface area contributed by atoms with Crippen LogP contribution in [0.3, 0.4) is 0 Å². The highest BCUT2D eigenvalue weighted by Crippen LogP contribution is 2.30. The molecule has 1 fully saturated rings. The van der Waals surface area contributed by atoms with Crippen molar-refractivity contribution in [2.45, 2.75) is 38.3 Å². The Morgan fingerprint density at radius 3 is 2.84 bits per heavy atom. The first-order chi connectivity index (χ1) is 15.5. The molecule has 0 saturated carbocycles. The van der Waals surface area contributed by atoms with Gasteiger partial charge in [-0.25, -0.2) is 13.8 Å². The van der Waals surface area contributed by atoms with E-state index in [0.717, 1.165) is 10.6 Å². The Balaban J connectivity index is 1.28. The van der Waals surface area contributed by atoms with Gasteiger partial charge in [-0.2, -0.15) is 0 Å². The lowest BCUT2D eigenvalue weighted by molar-refractivity contribution is -0.132. The van der Waals surface area contributed by atoms with Crippen molar-refractivity contribution in [3.63, 3.8) is 0 Å². The van der Waals surface area contributed by atoms with Gasteiger partial charge in [-0.3, -0.25) is 14.6 Å². The number of amides is 2. The van der Waals surface area contributed by atoms with E-state index in [2.05, 4.69) is 15.3 Å². The van der Waals surface area contributed by atoms with Crippen LogP contribution in [0.2, 0.25) is 0 Å². The smallest absolute Gasteiger partial charge is 0.264 e. The van der Waals surface area contributed by atoms with E-state index in [0.29, 0.717) is 61.3 Å². The molecule has 0 radical (unpaired) electrons. The molecule has 1 aromatic heterocycles. The van der Waals surface area contributed by atoms with Crippen molar-refractivity contribution in [3.05, 3.63) is 44.9 Å². The van der Waals surface area contributed by atoms with Crippen LogP contribution in [0.25, 0.3) is 6.08 Å². The zero-order chi connectivity index (χ0) is 22.2. The minimum atomic E-state index is -2.62. The first-order valence-corrected chi connectivity index (χ1v) is 11.4. The standard InChI is InChI=1S/C22H22F2N4O3S/c23-19(24)13-2-1-3-15-14(13)10-17(25-15)21(30)28-7-4-16-18(11-28)32-22(26-16)27-20(29)12-5-8-31-9-6-12/h1-3,10,12,17,19H,4-9,11H2,(H,26,27,29). The van der Waals surface area contributed by atoms with Crippen molar-refractivity contribution < 1.29 is 23.1 Å². The van der Waals surface area contributed by atoms with E-state index in [1.807, 2.05) is 0 Å². The number of halogens is 2. The van der Waals surface area contributed by atoms with Crippen molar-refractivity contribution in [2.75, 3.05) is 25.1 Å². The lowest BCUT2D eigenvalue weighted by Crippen LogP contribution is -2.40. The molecule has 3 aliphatic rings. The quantitative estimate of drug-likeness (QED) is 0.755. The van der Waals surface area contributed by atoms with Crippen LogP contribution >= 0.6 is 11.3 Å². The normalized spacial score (nSPS) is 20.3. The number of nitrogens with one attached hydrogen (secondary N) is 1. The van der Waals surface area contributed by atoms with Crippen molar-refractivity contribution in [2.24, 2.45) is 10.9 Å². The molecule has 1 aromatic carbocycles. The molecule has 1 atom stereocenters. The third-order valence-electron chi connectivity index (χ3n) is 6.07. The van der Waals surface area contributed by atoms with Gasteiger partial charge in [0.05, 0.1) is 17.6 Å². The van der Waals surface area contributed by atoms with Gasteiger partial charge in [0.1, 0.15) is 6.04 Å². The van der Waals surface area contributed by atoms with Crippen molar-refractivity contribution in [1.82, 2.24) is 9.88 Å². The van der Waals surface area contributed by atoms with E-state index in [4.69, 9.17) is 4.74 Å². The first kappa shape index (κ1) is 21.1. The predicted molar refractivity (Wildman–Crippen MR) is 114 cm³/mol. The molecule has 0 spiro atoms. The largest absolute Gasteiger partial charge is 0.381 e. The fourth-order valence-electron chi connectivity index (χ4n) is 4.32. The van der Waals surface area contributed by atoms with Gasteiger partial charge in [-0.15, -0.1) is 0 Å². The molecule has 4 heterocycles. The van der Waals surface area contributed by atoms with Crippen molar-refractivity contribution >= 4 is 34.4 Å². The number of ether oxygens (including phenoxy) is 1. The maximum Gasteiger partial charge on any atom is 0.264 e. The van der Waals surface area contributed by atoms with Crippen LogP contribution in [-0.2, 0) is 27.3 Å². The summed E-state index contributed by atoms with van der Waals surface area (Å²) in [5, 5.41) is 4.23. The van der Waals surface area contributed by atoms with Crippen LogP contribution in [0.4, 0.5) is 13.9 Å². The average Bonchev–Trinajstić information content (AvgIpc) is 3.41. The highest BCUT2D eigenvalue weighted by Gasteiger charge is 2.30. The Morgan fingerprint density at radius 1 is 1.25 bits per heavy atom. The molecule has 7 nitrogen and oxygen atoms in total. The van der Waals surface area contributed by atoms with Gasteiger partial charge in [0.2, 0.25) is 5.91 Å². The maximum absolute atomic E-state index is 13.3. The second-order valence-corrected chi connectivity index (χ2v) is 9.18. The molecule has 2 amide bonds. The Kier molecular flexibility index (Phi) is 5.73. The van der Waals surface area contributed by atoms with E-state index in [1.54, 1.807) is 11.0 Å². The Morgan fingerprint density at radius 2 is 2.06 bits per heavy atom. The van der Waals surface area contributed by atoms with E-state index < -0.39 is 12.5 Å². The number of rotatable bonds is 4. The second-order valence-electron chi connectivity index (χ2n) is 8.10. The molecule has 1 saturated heterocycles. The third kappa shape index (κ3) is 4.04. The average molecular weight is 461 g/mol. The monoisotopic (exact) mass is 460 g/mol. The summed E-state index contributed by atoms with van der Waals surface area (Å²) in [5.74, 6) is -0.324. The van der Waals surface area contributed by atoms with Gasteiger partial charge in [0.25, 0.3) is 12.3 Å². The van der Waals surface area contributed by atoms with Crippen molar-refractivity contribution in [1.29, 1.82) is 0 Å². The number of carbonyl (C=O) groups excluding carboxylic acids is 2. The van der Waals surface area contributed by atoms with E-state index in [-0.39, 0.29) is 23.3 Å². The number of nitrogens with zero attached hydrogens (tertiary/aromatic N) is 3. The molecule has 5 rings (SSSR count). The minimum absolute atomic E-state index is 0.0423. The van der Waals surface area contributed by atoms with Gasteiger partial charge < -0.3 is 15.0 Å². The molecule has 1 N–H and O–H groups in total. The zero-order valence-electron chi connectivity index (χ0n) is 17.2. The number of benzene rings is 1. The van der Waals surface area contributed by atoms with E-state index >= 15 is 0 Å². The molecule has 32 heavy (non-hydrogen) atoms. The molecule has 10 heteroatoms. The maximum atomic E-state index is 13.3. The number of hydrogen-bond acceptors (Lipinski definition) is 6. The molecular weight excluding hydrogens is 438 g/mol. The van der Waals surface area contributed by atoms with Gasteiger partial charge in [0, 0.05) is 47.8 Å². The summed E-state index contributed by atoms with van der Waals surface area (Å²) in [4.78, 5) is 37.1. The first-order valence-electron chi connectivity index (χ1n) is 10.6. The molecule has 0 bridgehead atoms. The molecule has 168 valence electrons. The highest BCUT2D eigenvalue weighted by molar-refractivity contribution is 7.15. The number of aromatic nitrogens is 1. The van der Waals surface area contributed by atoms with Crippen LogP contribution in [0.15, 0.2) is 23.2 Å². The van der Waals surface area contributed by atoms with E-state index in [1.165, 1.54) is 29.5 Å². The fourth-order valence-corrected chi connectivity index (χ4v) is 5.34. The van der Waals surface area contributed by atoms with Gasteiger partial charge >= 0.3 is 0 Å². The van der Waals surface area contributed by atoms with Gasteiger partial charge in [-0.1, -0.05) is 23.5 Å². The summed E-state index contributed by atoms with van der Waals surface area (Å²) < 4.78 is 31.9. The van der Waals surface area contributed by atoms with Crippen LogP contribution in [-0.4, -0.2) is 47.5 Å². The number of carbonyl (C=O) groups is 2. The van der Waals surface area contributed by atoms with Crippen LogP contribution in [0.1, 0.15) is 35.4 Å². The summed E-state index contributed by atoms with van der Waals surface area (Å²) in [5.41, 5.74) is 0.784. The summed E-state index contributed by atoms with van der Waals surface area (Å²) in [6, 6.07) is 3.75. The number of hydrogen-bond donors (Lipinski definition) is 1. The molecular formula is C22H22F2N4O3S. The lowest BCUT2D eigenvalue weighted by Gasteiger charge is -2.27.